The molecule has 0 spiro atoms. The van der Waals surface area contributed by atoms with Gasteiger partial charge in [-0.05, 0) is 115 Å². The molecule has 0 aromatic heterocycles. The maximum absolute atomic E-state index is 7.14. The van der Waals surface area contributed by atoms with Crippen molar-refractivity contribution in [2.45, 2.75) is 143 Å². The first-order chi connectivity index (χ1) is 15.8. The van der Waals surface area contributed by atoms with E-state index in [2.05, 4.69) is 93.7 Å². The van der Waals surface area contributed by atoms with Gasteiger partial charge in [-0.2, -0.15) is 0 Å². The van der Waals surface area contributed by atoms with E-state index in [0.717, 1.165) is 24.2 Å². The molecule has 4 aliphatic rings. The minimum Gasteiger partial charge on any atom is -0.547 e. The average Bonchev–Trinajstić information content (AvgIpc) is 3.02. The molecule has 0 aromatic rings. The van der Waals surface area contributed by atoms with Crippen molar-refractivity contribution in [3.05, 3.63) is 23.5 Å². The van der Waals surface area contributed by atoms with E-state index in [9.17, 15) is 0 Å². The van der Waals surface area contributed by atoms with Gasteiger partial charge in [0.15, 0.2) is 8.32 Å². The predicted molar refractivity (Wildman–Crippen MR) is 156 cm³/mol. The monoisotopic (exact) mass is 516 g/mol. The lowest BCUT2D eigenvalue weighted by Gasteiger charge is -2.57. The van der Waals surface area contributed by atoms with E-state index in [1.807, 2.05) is 0 Å². The Kier molecular flexibility index (Phi) is 6.80. The van der Waals surface area contributed by atoms with Crippen LogP contribution in [0.3, 0.4) is 0 Å². The van der Waals surface area contributed by atoms with Crippen LogP contribution in [-0.4, -0.2) is 22.7 Å². The molecule has 0 amide bonds. The van der Waals surface area contributed by atoms with Crippen LogP contribution in [0.2, 0.25) is 36.3 Å². The van der Waals surface area contributed by atoms with Gasteiger partial charge in [-0.25, -0.2) is 0 Å². The Morgan fingerprint density at radius 1 is 0.829 bits per heavy atom. The molecule has 35 heavy (non-hydrogen) atoms. The first kappa shape index (κ1) is 27.7. The molecule has 6 atom stereocenters. The third-order valence-electron chi connectivity index (χ3n) is 12.1. The first-order valence-corrected chi connectivity index (χ1v) is 20.4. The summed E-state index contributed by atoms with van der Waals surface area (Å²) in [5.74, 6) is 3.73. The number of hydrogen-bond donors (Lipinski definition) is 0. The zero-order valence-electron chi connectivity index (χ0n) is 25.2. The molecule has 0 bridgehead atoms. The third-order valence-corrected chi connectivity index (χ3v) is 21.0. The number of allylic oxidation sites excluding steroid dienone is 4. The van der Waals surface area contributed by atoms with Crippen molar-refractivity contribution in [1.29, 1.82) is 0 Å². The molecule has 2 fully saturated rings. The second kappa shape index (κ2) is 8.59. The van der Waals surface area contributed by atoms with Gasteiger partial charge in [-0.15, -0.1) is 0 Å². The summed E-state index contributed by atoms with van der Waals surface area (Å²) in [6, 6.07) is 0. The molecule has 0 aliphatic heterocycles. The van der Waals surface area contributed by atoms with Crippen molar-refractivity contribution in [2.24, 2.45) is 28.6 Å². The fourth-order valence-electron chi connectivity index (χ4n) is 7.54. The first-order valence-electron chi connectivity index (χ1n) is 14.6. The molecular weight excluding hydrogens is 461 g/mol. The van der Waals surface area contributed by atoms with Gasteiger partial charge in [0.05, 0.1) is 11.9 Å². The summed E-state index contributed by atoms with van der Waals surface area (Å²) in [6.45, 7) is 29.1. The van der Waals surface area contributed by atoms with E-state index in [0.29, 0.717) is 16.9 Å². The average molecular weight is 517 g/mol. The normalized spacial score (nSPS) is 38.2. The zero-order chi connectivity index (χ0) is 26.2. The Morgan fingerprint density at radius 2 is 1.46 bits per heavy atom. The lowest BCUT2D eigenvalue weighted by Crippen LogP contribution is -2.53. The van der Waals surface area contributed by atoms with Crippen LogP contribution in [0.5, 0.6) is 0 Å². The molecule has 0 N–H and O–H groups in total. The highest BCUT2D eigenvalue weighted by atomic mass is 28.4. The molecule has 4 rings (SSSR count). The molecule has 4 heteroatoms. The highest BCUT2D eigenvalue weighted by Gasteiger charge is 2.59. The van der Waals surface area contributed by atoms with Gasteiger partial charge in [-0.3, -0.25) is 0 Å². The van der Waals surface area contributed by atoms with Gasteiger partial charge in [-0.1, -0.05) is 61.5 Å². The molecule has 0 aromatic carbocycles. The molecule has 4 aliphatic carbocycles. The molecule has 2 saturated carbocycles. The SMILES string of the molecule is CC12CCC(O[Si](C)(C)C(C)(C)C)=CC1=CCC1C2CCC2(C)C(O[Si](C)(C)C(C)(C)C)CCC12. The van der Waals surface area contributed by atoms with Crippen LogP contribution in [0.25, 0.3) is 0 Å². The van der Waals surface area contributed by atoms with Crippen molar-refractivity contribution in [3.63, 3.8) is 0 Å². The molecule has 0 saturated heterocycles. The zero-order valence-corrected chi connectivity index (χ0v) is 27.2. The highest BCUT2D eigenvalue weighted by molar-refractivity contribution is 6.74. The quantitative estimate of drug-likeness (QED) is 0.346. The van der Waals surface area contributed by atoms with E-state index in [4.69, 9.17) is 8.85 Å². The topological polar surface area (TPSA) is 18.5 Å². The second-order valence-corrected chi connectivity index (χ2v) is 25.6. The van der Waals surface area contributed by atoms with E-state index >= 15 is 0 Å². The maximum Gasteiger partial charge on any atom is 0.250 e. The van der Waals surface area contributed by atoms with Crippen LogP contribution < -0.4 is 0 Å². The van der Waals surface area contributed by atoms with E-state index in [-0.39, 0.29) is 10.1 Å². The van der Waals surface area contributed by atoms with Gasteiger partial charge >= 0.3 is 0 Å². The fourth-order valence-corrected chi connectivity index (χ4v) is 10.1. The van der Waals surface area contributed by atoms with Crippen LogP contribution in [0.4, 0.5) is 0 Å². The lowest BCUT2D eigenvalue weighted by atomic mass is 9.48. The van der Waals surface area contributed by atoms with Gasteiger partial charge in [0.25, 0.3) is 0 Å². The summed E-state index contributed by atoms with van der Waals surface area (Å²) in [7, 11) is -3.53. The summed E-state index contributed by atoms with van der Waals surface area (Å²) in [5.41, 5.74) is 2.27. The summed E-state index contributed by atoms with van der Waals surface area (Å²) >= 11 is 0. The van der Waals surface area contributed by atoms with Gasteiger partial charge in [0.2, 0.25) is 8.32 Å². The van der Waals surface area contributed by atoms with Crippen LogP contribution in [-0.2, 0) is 8.85 Å². The van der Waals surface area contributed by atoms with Gasteiger partial charge < -0.3 is 8.85 Å². The minimum atomic E-state index is -1.78. The van der Waals surface area contributed by atoms with Crippen molar-refractivity contribution in [1.82, 2.24) is 0 Å². The standard InChI is InChI=1S/C31H56O2Si2/c1-28(2,3)34(9,10)32-23-17-19-30(7)22(21-23)13-14-24-25-15-16-27(31(25,8)20-18-26(24)30)33-35(11,12)29(4,5)6/h13,21,24-27H,14-20H2,1-12H3. The third kappa shape index (κ3) is 4.60. The molecule has 2 nitrogen and oxygen atoms in total. The van der Waals surface area contributed by atoms with Crippen LogP contribution >= 0.6 is 0 Å². The number of fused-ring (bicyclic) bond motifs is 5. The van der Waals surface area contributed by atoms with Crippen LogP contribution in [0.1, 0.15) is 100 Å². The van der Waals surface area contributed by atoms with Gasteiger partial charge in [0.1, 0.15) is 0 Å². The summed E-state index contributed by atoms with van der Waals surface area (Å²) in [5, 5.41) is 0.535. The number of hydrogen-bond acceptors (Lipinski definition) is 2. The largest absolute Gasteiger partial charge is 0.547 e. The van der Waals surface area contributed by atoms with Crippen molar-refractivity contribution >= 4 is 16.6 Å². The van der Waals surface area contributed by atoms with E-state index < -0.39 is 16.6 Å². The smallest absolute Gasteiger partial charge is 0.250 e. The maximum atomic E-state index is 7.14. The number of rotatable bonds is 4. The Hall–Kier alpha value is -0.326. The minimum absolute atomic E-state index is 0.250. The lowest BCUT2D eigenvalue weighted by molar-refractivity contribution is -0.0592. The Labute approximate surface area is 220 Å². The molecule has 6 unspecified atom stereocenters. The summed E-state index contributed by atoms with van der Waals surface area (Å²) in [4.78, 5) is 0. The molecular formula is C31H56O2Si2. The van der Waals surface area contributed by atoms with Crippen LogP contribution in [0.15, 0.2) is 23.5 Å². The molecule has 0 radical (unpaired) electrons. The summed E-state index contributed by atoms with van der Waals surface area (Å²) < 4.78 is 13.9. The van der Waals surface area contributed by atoms with Gasteiger partial charge in [0, 0.05) is 6.42 Å². The predicted octanol–water partition coefficient (Wildman–Crippen LogP) is 9.86. The molecule has 200 valence electrons. The second-order valence-electron chi connectivity index (χ2n) is 16.2. The Morgan fingerprint density at radius 3 is 2.06 bits per heavy atom. The van der Waals surface area contributed by atoms with Crippen LogP contribution in [0, 0.1) is 28.6 Å². The highest BCUT2D eigenvalue weighted by Crippen LogP contribution is 2.65. The Bertz CT molecular complexity index is 887. The van der Waals surface area contributed by atoms with E-state index in [1.54, 1.807) is 5.57 Å². The summed E-state index contributed by atoms with van der Waals surface area (Å²) in [6.07, 6.45) is 14.6. The van der Waals surface area contributed by atoms with Crippen molar-refractivity contribution in [3.8, 4) is 0 Å². The Balaban J connectivity index is 1.55. The van der Waals surface area contributed by atoms with Crippen molar-refractivity contribution in [2.75, 3.05) is 0 Å². The molecule has 0 heterocycles. The van der Waals surface area contributed by atoms with E-state index in [1.165, 1.54) is 44.3 Å². The van der Waals surface area contributed by atoms with Crippen molar-refractivity contribution < 1.29 is 8.85 Å². The fraction of sp³-hybridized carbons (Fsp3) is 0.871.